The van der Waals surface area contributed by atoms with Crippen molar-refractivity contribution in [1.29, 1.82) is 0 Å². The lowest BCUT2D eigenvalue weighted by Crippen LogP contribution is -2.26. The topological polar surface area (TPSA) is 59.8 Å². The summed E-state index contributed by atoms with van der Waals surface area (Å²) in [5, 5.41) is 2.89. The van der Waals surface area contributed by atoms with E-state index in [1.54, 1.807) is 18.7 Å². The van der Waals surface area contributed by atoms with E-state index >= 15 is 0 Å². The van der Waals surface area contributed by atoms with E-state index in [1.165, 1.54) is 0 Å². The molecule has 0 aliphatic heterocycles. The first kappa shape index (κ1) is 12.3. The lowest BCUT2D eigenvalue weighted by Gasteiger charge is -2.06. The fourth-order valence-corrected chi connectivity index (χ4v) is 2.05. The van der Waals surface area contributed by atoms with Gasteiger partial charge in [-0.25, -0.2) is 4.98 Å². The Morgan fingerprint density at radius 1 is 1.15 bits per heavy atom. The van der Waals surface area contributed by atoms with E-state index in [-0.39, 0.29) is 12.5 Å². The second kappa shape index (κ2) is 5.52. The van der Waals surface area contributed by atoms with Crippen LogP contribution in [0.15, 0.2) is 55.1 Å². The quantitative estimate of drug-likeness (QED) is 0.782. The number of aromatic nitrogens is 3. The number of benzene rings is 1. The van der Waals surface area contributed by atoms with Gasteiger partial charge in [-0.2, -0.15) is 0 Å². The summed E-state index contributed by atoms with van der Waals surface area (Å²) in [4.78, 5) is 20.2. The fourth-order valence-electron chi connectivity index (χ4n) is 2.05. The number of nitrogens with one attached hydrogen (secondary N) is 1. The molecule has 0 aliphatic rings. The highest BCUT2D eigenvalue weighted by atomic mass is 16.1. The molecule has 5 heteroatoms. The molecule has 3 rings (SSSR count). The molecule has 0 saturated carbocycles. The lowest BCUT2D eigenvalue weighted by molar-refractivity contribution is -0.121. The Balaban J connectivity index is 1.64. The molecule has 0 aliphatic carbocycles. The molecule has 0 bridgehead atoms. The number of hydrogen-bond donors (Lipinski definition) is 1. The van der Waals surface area contributed by atoms with Crippen LogP contribution in [0.5, 0.6) is 0 Å². The first-order chi connectivity index (χ1) is 9.83. The van der Waals surface area contributed by atoms with E-state index in [9.17, 15) is 4.79 Å². The zero-order valence-electron chi connectivity index (χ0n) is 10.9. The van der Waals surface area contributed by atoms with Crippen LogP contribution in [0.25, 0.3) is 11.0 Å². The normalized spacial score (nSPS) is 10.6. The zero-order chi connectivity index (χ0) is 13.8. The van der Waals surface area contributed by atoms with Crippen molar-refractivity contribution in [2.45, 2.75) is 13.1 Å². The Kier molecular flexibility index (Phi) is 3.41. The van der Waals surface area contributed by atoms with Crippen LogP contribution < -0.4 is 5.32 Å². The number of amides is 1. The molecule has 0 radical (unpaired) electrons. The van der Waals surface area contributed by atoms with Crippen molar-refractivity contribution in [3.05, 3.63) is 60.7 Å². The number of carbonyl (C=O) groups is 1. The summed E-state index contributed by atoms with van der Waals surface area (Å²) in [5.41, 5.74) is 2.89. The Hall–Kier alpha value is -2.69. The Morgan fingerprint density at radius 3 is 2.80 bits per heavy atom. The minimum Gasteiger partial charge on any atom is -0.350 e. The molecule has 1 amide bonds. The second-order valence-corrected chi connectivity index (χ2v) is 4.49. The number of para-hydroxylation sites is 2. The second-order valence-electron chi connectivity index (χ2n) is 4.49. The van der Waals surface area contributed by atoms with Crippen molar-refractivity contribution >= 4 is 16.9 Å². The number of fused-ring (bicyclic) bond motifs is 1. The molecule has 0 atom stereocenters. The van der Waals surface area contributed by atoms with Gasteiger partial charge in [-0.15, -0.1) is 0 Å². The van der Waals surface area contributed by atoms with Crippen LogP contribution in [0.4, 0.5) is 0 Å². The predicted molar refractivity (Wildman–Crippen MR) is 75.8 cm³/mol. The molecule has 20 heavy (non-hydrogen) atoms. The van der Waals surface area contributed by atoms with Crippen LogP contribution >= 0.6 is 0 Å². The SMILES string of the molecule is O=C(Cn1cnc2ccccc21)NCc1ccncc1. The van der Waals surface area contributed by atoms with Crippen molar-refractivity contribution < 1.29 is 4.79 Å². The Labute approximate surface area is 116 Å². The number of nitrogens with zero attached hydrogens (tertiary/aromatic N) is 3. The number of imidazole rings is 1. The maximum absolute atomic E-state index is 12.0. The van der Waals surface area contributed by atoms with Gasteiger partial charge in [-0.1, -0.05) is 12.1 Å². The summed E-state index contributed by atoms with van der Waals surface area (Å²) in [6.07, 6.45) is 5.12. The summed E-state index contributed by atoms with van der Waals surface area (Å²) >= 11 is 0. The Bertz CT molecular complexity index is 721. The molecule has 2 heterocycles. The molecule has 0 saturated heterocycles. The van der Waals surface area contributed by atoms with Crippen LogP contribution in [-0.2, 0) is 17.9 Å². The van der Waals surface area contributed by atoms with Crippen molar-refractivity contribution in [2.24, 2.45) is 0 Å². The molecule has 1 aromatic carbocycles. The number of hydrogen-bond acceptors (Lipinski definition) is 3. The van der Waals surface area contributed by atoms with Gasteiger partial charge in [0.2, 0.25) is 5.91 Å². The van der Waals surface area contributed by atoms with E-state index in [4.69, 9.17) is 0 Å². The summed E-state index contributed by atoms with van der Waals surface area (Å²) in [6.45, 7) is 0.777. The van der Waals surface area contributed by atoms with Gasteiger partial charge in [0.15, 0.2) is 0 Å². The van der Waals surface area contributed by atoms with Gasteiger partial charge in [0.05, 0.1) is 17.4 Å². The highest BCUT2D eigenvalue weighted by Crippen LogP contribution is 2.11. The lowest BCUT2D eigenvalue weighted by atomic mass is 10.3. The monoisotopic (exact) mass is 266 g/mol. The van der Waals surface area contributed by atoms with Gasteiger partial charge in [-0.05, 0) is 29.8 Å². The molecule has 100 valence electrons. The van der Waals surface area contributed by atoms with Crippen molar-refractivity contribution in [3.63, 3.8) is 0 Å². The van der Waals surface area contributed by atoms with E-state index < -0.39 is 0 Å². The minimum absolute atomic E-state index is 0.0371. The van der Waals surface area contributed by atoms with Crippen LogP contribution in [-0.4, -0.2) is 20.4 Å². The summed E-state index contributed by atoms with van der Waals surface area (Å²) in [6, 6.07) is 11.5. The van der Waals surface area contributed by atoms with Crippen LogP contribution in [0, 0.1) is 0 Å². The number of pyridine rings is 1. The average Bonchev–Trinajstić information content (AvgIpc) is 2.90. The van der Waals surface area contributed by atoms with Crippen LogP contribution in [0.1, 0.15) is 5.56 Å². The van der Waals surface area contributed by atoms with Crippen molar-refractivity contribution in [3.8, 4) is 0 Å². The summed E-state index contributed by atoms with van der Waals surface area (Å²) in [5.74, 6) is -0.0371. The molecule has 0 unspecified atom stereocenters. The molecular weight excluding hydrogens is 252 g/mol. The van der Waals surface area contributed by atoms with E-state index in [0.717, 1.165) is 16.6 Å². The zero-order valence-corrected chi connectivity index (χ0v) is 10.9. The molecule has 0 fully saturated rings. The fraction of sp³-hybridized carbons (Fsp3) is 0.133. The third-order valence-electron chi connectivity index (χ3n) is 3.08. The third kappa shape index (κ3) is 2.66. The molecular formula is C15H14N4O. The first-order valence-corrected chi connectivity index (χ1v) is 6.38. The van der Waals surface area contributed by atoms with Gasteiger partial charge in [0.25, 0.3) is 0 Å². The first-order valence-electron chi connectivity index (χ1n) is 6.38. The summed E-state index contributed by atoms with van der Waals surface area (Å²) < 4.78 is 1.84. The minimum atomic E-state index is -0.0371. The standard InChI is InChI=1S/C15H14N4O/c20-15(17-9-12-5-7-16-8-6-12)10-19-11-18-13-3-1-2-4-14(13)19/h1-8,11H,9-10H2,(H,17,20). The maximum atomic E-state index is 12.0. The number of carbonyl (C=O) groups excluding carboxylic acids is 1. The van der Waals surface area contributed by atoms with Gasteiger partial charge in [0.1, 0.15) is 6.54 Å². The number of rotatable bonds is 4. The maximum Gasteiger partial charge on any atom is 0.240 e. The van der Waals surface area contributed by atoms with Crippen LogP contribution in [0.2, 0.25) is 0 Å². The van der Waals surface area contributed by atoms with Crippen molar-refractivity contribution in [1.82, 2.24) is 19.9 Å². The van der Waals surface area contributed by atoms with Crippen LogP contribution in [0.3, 0.4) is 0 Å². The van der Waals surface area contributed by atoms with Gasteiger partial charge < -0.3 is 9.88 Å². The van der Waals surface area contributed by atoms with E-state index in [2.05, 4.69) is 15.3 Å². The Morgan fingerprint density at radius 2 is 1.95 bits per heavy atom. The third-order valence-corrected chi connectivity index (χ3v) is 3.08. The highest BCUT2D eigenvalue weighted by Gasteiger charge is 2.06. The molecule has 0 spiro atoms. The molecule has 5 nitrogen and oxygen atoms in total. The van der Waals surface area contributed by atoms with Gasteiger partial charge in [0, 0.05) is 18.9 Å². The average molecular weight is 266 g/mol. The predicted octanol–water partition coefficient (Wildman–Crippen LogP) is 1.75. The van der Waals surface area contributed by atoms with Gasteiger partial charge in [-0.3, -0.25) is 9.78 Å². The van der Waals surface area contributed by atoms with E-state index in [0.29, 0.717) is 6.54 Å². The smallest absolute Gasteiger partial charge is 0.240 e. The van der Waals surface area contributed by atoms with E-state index in [1.807, 2.05) is 41.0 Å². The van der Waals surface area contributed by atoms with Gasteiger partial charge >= 0.3 is 0 Å². The largest absolute Gasteiger partial charge is 0.350 e. The molecule has 2 aromatic heterocycles. The summed E-state index contributed by atoms with van der Waals surface area (Å²) in [7, 11) is 0. The molecule has 3 aromatic rings. The molecule has 1 N–H and O–H groups in total. The van der Waals surface area contributed by atoms with Crippen molar-refractivity contribution in [2.75, 3.05) is 0 Å². The highest BCUT2D eigenvalue weighted by molar-refractivity contribution is 5.80.